The molecule has 0 aliphatic carbocycles. The number of hydrogen-bond donors (Lipinski definition) is 1. The number of amides is 1. The van der Waals surface area contributed by atoms with Gasteiger partial charge in [0.1, 0.15) is 0 Å². The number of halogens is 1. The molecule has 2 aromatic rings. The first kappa shape index (κ1) is 22.4. The SMILES string of the molecule is CC(N)C1CCCN(C(=O)c2cccc(-c3noc(CC(C)(C)C)n3)c2)C1.Cl. The number of nitrogens with zero attached hydrogens (tertiary/aromatic N) is 3. The maximum atomic E-state index is 13.0. The van der Waals surface area contributed by atoms with Crippen LogP contribution in [0.25, 0.3) is 11.4 Å². The van der Waals surface area contributed by atoms with E-state index in [1.54, 1.807) is 0 Å². The lowest BCUT2D eigenvalue weighted by atomic mass is 9.92. The van der Waals surface area contributed by atoms with Crippen LogP contribution in [0.2, 0.25) is 0 Å². The molecule has 2 unspecified atom stereocenters. The van der Waals surface area contributed by atoms with Crippen LogP contribution in [-0.2, 0) is 6.42 Å². The Bertz CT molecular complexity index is 798. The first-order chi connectivity index (χ1) is 12.7. The van der Waals surface area contributed by atoms with Gasteiger partial charge in [-0.3, -0.25) is 4.79 Å². The molecule has 1 amide bonds. The molecule has 0 saturated carbocycles. The minimum atomic E-state index is 0. The van der Waals surface area contributed by atoms with Gasteiger partial charge in [0.05, 0.1) is 0 Å². The summed E-state index contributed by atoms with van der Waals surface area (Å²) in [6, 6.07) is 7.58. The Labute approximate surface area is 173 Å². The molecule has 28 heavy (non-hydrogen) atoms. The number of piperidine rings is 1. The minimum Gasteiger partial charge on any atom is -0.339 e. The zero-order valence-corrected chi connectivity index (χ0v) is 18.0. The summed E-state index contributed by atoms with van der Waals surface area (Å²) < 4.78 is 5.38. The van der Waals surface area contributed by atoms with E-state index in [0.717, 1.165) is 31.5 Å². The summed E-state index contributed by atoms with van der Waals surface area (Å²) in [4.78, 5) is 19.4. The van der Waals surface area contributed by atoms with Crippen LogP contribution in [0.3, 0.4) is 0 Å². The van der Waals surface area contributed by atoms with Crippen LogP contribution >= 0.6 is 12.4 Å². The smallest absolute Gasteiger partial charge is 0.253 e. The molecule has 1 aromatic carbocycles. The second-order valence-electron chi connectivity index (χ2n) is 8.84. The summed E-state index contributed by atoms with van der Waals surface area (Å²) in [5.74, 6) is 1.55. The van der Waals surface area contributed by atoms with Gasteiger partial charge in [-0.05, 0) is 43.2 Å². The molecule has 1 aliphatic heterocycles. The number of likely N-dealkylation sites (tertiary alicyclic amines) is 1. The Hall–Kier alpha value is -1.92. The highest BCUT2D eigenvalue weighted by Crippen LogP contribution is 2.24. The highest BCUT2D eigenvalue weighted by atomic mass is 35.5. The lowest BCUT2D eigenvalue weighted by molar-refractivity contribution is 0.0661. The van der Waals surface area contributed by atoms with Gasteiger partial charge in [-0.2, -0.15) is 4.98 Å². The van der Waals surface area contributed by atoms with Gasteiger partial charge in [-0.1, -0.05) is 38.1 Å². The third-order valence-electron chi connectivity index (χ3n) is 5.01. The van der Waals surface area contributed by atoms with Crippen LogP contribution in [-0.4, -0.2) is 40.1 Å². The van der Waals surface area contributed by atoms with Crippen molar-refractivity contribution in [1.82, 2.24) is 15.0 Å². The van der Waals surface area contributed by atoms with Gasteiger partial charge >= 0.3 is 0 Å². The first-order valence-corrected chi connectivity index (χ1v) is 9.71. The van der Waals surface area contributed by atoms with E-state index in [1.807, 2.05) is 36.1 Å². The third kappa shape index (κ3) is 5.55. The van der Waals surface area contributed by atoms with E-state index in [0.29, 0.717) is 29.6 Å². The quantitative estimate of drug-likeness (QED) is 0.830. The maximum Gasteiger partial charge on any atom is 0.253 e. The minimum absolute atomic E-state index is 0. The Morgan fingerprint density at radius 2 is 2.14 bits per heavy atom. The lowest BCUT2D eigenvalue weighted by Gasteiger charge is -2.34. The van der Waals surface area contributed by atoms with Crippen LogP contribution in [0, 0.1) is 11.3 Å². The van der Waals surface area contributed by atoms with Gasteiger partial charge in [0.2, 0.25) is 11.7 Å². The van der Waals surface area contributed by atoms with Crippen molar-refractivity contribution < 1.29 is 9.32 Å². The molecule has 7 heteroatoms. The van der Waals surface area contributed by atoms with Crippen molar-refractivity contribution in [2.75, 3.05) is 13.1 Å². The van der Waals surface area contributed by atoms with Gasteiger partial charge < -0.3 is 15.2 Å². The molecule has 1 saturated heterocycles. The molecule has 3 rings (SSSR count). The summed E-state index contributed by atoms with van der Waals surface area (Å²) >= 11 is 0. The molecule has 2 heterocycles. The van der Waals surface area contributed by atoms with Crippen molar-refractivity contribution in [1.29, 1.82) is 0 Å². The van der Waals surface area contributed by atoms with Crippen molar-refractivity contribution in [3.05, 3.63) is 35.7 Å². The maximum absolute atomic E-state index is 13.0. The summed E-state index contributed by atoms with van der Waals surface area (Å²) in [5, 5.41) is 4.09. The molecule has 1 aliphatic rings. The van der Waals surface area contributed by atoms with Gasteiger partial charge in [0.15, 0.2) is 0 Å². The molecule has 1 fully saturated rings. The fourth-order valence-corrected chi connectivity index (χ4v) is 3.50. The van der Waals surface area contributed by atoms with Crippen LogP contribution in [0.4, 0.5) is 0 Å². The Morgan fingerprint density at radius 3 is 2.82 bits per heavy atom. The number of carbonyl (C=O) groups excluding carboxylic acids is 1. The van der Waals surface area contributed by atoms with Crippen molar-refractivity contribution in [3.8, 4) is 11.4 Å². The summed E-state index contributed by atoms with van der Waals surface area (Å²) in [5.41, 5.74) is 7.57. The largest absolute Gasteiger partial charge is 0.339 e. The van der Waals surface area contributed by atoms with Gasteiger partial charge in [-0.15, -0.1) is 12.4 Å². The monoisotopic (exact) mass is 406 g/mol. The normalized spacial score (nSPS) is 18.5. The molecule has 1 aromatic heterocycles. The summed E-state index contributed by atoms with van der Waals surface area (Å²) in [6.07, 6.45) is 2.80. The molecule has 6 nitrogen and oxygen atoms in total. The van der Waals surface area contributed by atoms with E-state index in [-0.39, 0.29) is 29.8 Å². The zero-order valence-electron chi connectivity index (χ0n) is 17.1. The lowest BCUT2D eigenvalue weighted by Crippen LogP contribution is -2.45. The zero-order chi connectivity index (χ0) is 19.6. The van der Waals surface area contributed by atoms with Crippen molar-refractivity contribution in [2.24, 2.45) is 17.1 Å². The van der Waals surface area contributed by atoms with Crippen LogP contribution in [0.15, 0.2) is 28.8 Å². The van der Waals surface area contributed by atoms with Crippen molar-refractivity contribution >= 4 is 18.3 Å². The van der Waals surface area contributed by atoms with Gasteiger partial charge in [0, 0.05) is 36.7 Å². The Balaban J connectivity index is 0.00000280. The Morgan fingerprint density at radius 1 is 1.39 bits per heavy atom. The highest BCUT2D eigenvalue weighted by Gasteiger charge is 2.27. The average Bonchev–Trinajstić information content (AvgIpc) is 3.08. The fraction of sp³-hybridized carbons (Fsp3) is 0.571. The number of hydrogen-bond acceptors (Lipinski definition) is 5. The highest BCUT2D eigenvalue weighted by molar-refractivity contribution is 5.95. The van der Waals surface area contributed by atoms with Crippen molar-refractivity contribution in [3.63, 3.8) is 0 Å². The predicted molar refractivity (Wildman–Crippen MR) is 112 cm³/mol. The van der Waals surface area contributed by atoms with Crippen LogP contribution in [0.1, 0.15) is 56.8 Å². The Kier molecular flexibility index (Phi) is 7.23. The molecular formula is C21H31ClN4O2. The van der Waals surface area contributed by atoms with E-state index in [1.165, 1.54) is 0 Å². The number of carbonyl (C=O) groups is 1. The molecular weight excluding hydrogens is 376 g/mol. The molecule has 2 atom stereocenters. The second-order valence-corrected chi connectivity index (χ2v) is 8.84. The number of rotatable bonds is 4. The van der Waals surface area contributed by atoms with Crippen LogP contribution in [0.5, 0.6) is 0 Å². The molecule has 0 radical (unpaired) electrons. The molecule has 2 N–H and O–H groups in total. The topological polar surface area (TPSA) is 85.2 Å². The molecule has 0 spiro atoms. The third-order valence-corrected chi connectivity index (χ3v) is 5.01. The number of benzene rings is 1. The standard InChI is InChI=1S/C21H30N4O2.ClH/c1-14(22)17-9-6-10-25(13-17)20(26)16-8-5-7-15(11-16)19-23-18(27-24-19)12-21(2,3)4;/h5,7-8,11,14,17H,6,9-10,12-13,22H2,1-4H3;1H. The average molecular weight is 407 g/mol. The fourth-order valence-electron chi connectivity index (χ4n) is 3.50. The predicted octanol–water partition coefficient (Wildman–Crippen LogP) is 3.95. The summed E-state index contributed by atoms with van der Waals surface area (Å²) in [6.45, 7) is 9.91. The molecule has 154 valence electrons. The van der Waals surface area contributed by atoms with E-state index in [9.17, 15) is 4.79 Å². The summed E-state index contributed by atoms with van der Waals surface area (Å²) in [7, 11) is 0. The van der Waals surface area contributed by atoms with Crippen LogP contribution < -0.4 is 5.73 Å². The van der Waals surface area contributed by atoms with E-state index >= 15 is 0 Å². The van der Waals surface area contributed by atoms with Crippen molar-refractivity contribution in [2.45, 2.75) is 53.0 Å². The van der Waals surface area contributed by atoms with Gasteiger partial charge in [-0.25, -0.2) is 0 Å². The van der Waals surface area contributed by atoms with E-state index in [4.69, 9.17) is 10.3 Å². The van der Waals surface area contributed by atoms with E-state index < -0.39 is 0 Å². The number of aromatic nitrogens is 2. The molecule has 0 bridgehead atoms. The second kappa shape index (κ2) is 9.05. The first-order valence-electron chi connectivity index (χ1n) is 9.71. The van der Waals surface area contributed by atoms with Gasteiger partial charge in [0.25, 0.3) is 5.91 Å². The number of nitrogens with two attached hydrogens (primary N) is 1. The van der Waals surface area contributed by atoms with E-state index in [2.05, 4.69) is 30.9 Å².